The van der Waals surface area contributed by atoms with Gasteiger partial charge >= 0.3 is 0 Å². The summed E-state index contributed by atoms with van der Waals surface area (Å²) in [5, 5.41) is 0. The highest BCUT2D eigenvalue weighted by molar-refractivity contribution is 5.94. The first-order valence-electron chi connectivity index (χ1n) is 14.2. The van der Waals surface area contributed by atoms with E-state index in [1.807, 2.05) is 41.3 Å². The van der Waals surface area contributed by atoms with Crippen molar-refractivity contribution in [3.63, 3.8) is 0 Å². The largest absolute Gasteiger partial charge is 0.491 e. The monoisotopic (exact) mass is 542 g/mol. The van der Waals surface area contributed by atoms with Gasteiger partial charge in [-0.25, -0.2) is 0 Å². The van der Waals surface area contributed by atoms with Gasteiger partial charge in [0.05, 0.1) is 19.8 Å². The molecule has 1 aromatic heterocycles. The van der Waals surface area contributed by atoms with E-state index < -0.39 is 0 Å². The molecular weight excluding hydrogens is 504 g/mol. The summed E-state index contributed by atoms with van der Waals surface area (Å²) in [7, 11) is 1.80. The molecule has 2 bridgehead atoms. The van der Waals surface area contributed by atoms with Crippen molar-refractivity contribution in [3.05, 3.63) is 89.2 Å². The average Bonchev–Trinajstić information content (AvgIpc) is 2.99. The van der Waals surface area contributed by atoms with Crippen LogP contribution in [0.1, 0.15) is 39.9 Å². The molecule has 0 unspecified atom stereocenters. The third-order valence-corrected chi connectivity index (χ3v) is 7.62. The number of pyridine rings is 1. The number of aromatic nitrogens is 1. The van der Waals surface area contributed by atoms with E-state index in [0.29, 0.717) is 44.6 Å². The molecule has 0 aliphatic carbocycles. The zero-order valence-electron chi connectivity index (χ0n) is 23.3. The molecule has 0 radical (unpaired) electrons. The predicted molar refractivity (Wildman–Crippen MR) is 155 cm³/mol. The van der Waals surface area contributed by atoms with E-state index in [1.165, 1.54) is 5.56 Å². The maximum absolute atomic E-state index is 13.3. The molecule has 8 heteroatoms. The van der Waals surface area contributed by atoms with Crippen LogP contribution < -0.4 is 9.64 Å². The van der Waals surface area contributed by atoms with Gasteiger partial charge in [0.1, 0.15) is 12.4 Å². The van der Waals surface area contributed by atoms with Crippen LogP contribution in [0.4, 0.5) is 5.69 Å². The van der Waals surface area contributed by atoms with Crippen molar-refractivity contribution >= 4 is 17.5 Å². The van der Waals surface area contributed by atoms with Crippen LogP contribution in [-0.4, -0.2) is 86.2 Å². The number of morpholine rings is 1. The molecule has 3 aromatic rings. The van der Waals surface area contributed by atoms with E-state index in [2.05, 4.69) is 28.1 Å². The first kappa shape index (κ1) is 27.6. The predicted octanol–water partition coefficient (Wildman–Crippen LogP) is 3.82. The number of carbonyl (C=O) groups excluding carboxylic acids is 2. The molecule has 2 aromatic carbocycles. The Morgan fingerprint density at radius 3 is 2.58 bits per heavy atom. The number of rotatable bonds is 5. The van der Waals surface area contributed by atoms with Crippen LogP contribution in [0.2, 0.25) is 0 Å². The summed E-state index contributed by atoms with van der Waals surface area (Å²) < 4.78 is 11.9. The van der Waals surface area contributed by atoms with Crippen molar-refractivity contribution in [1.82, 2.24) is 14.8 Å². The van der Waals surface area contributed by atoms with Crippen molar-refractivity contribution in [2.24, 2.45) is 0 Å². The number of carbonyl (C=O) groups is 2. The molecule has 2 aliphatic heterocycles. The van der Waals surface area contributed by atoms with Crippen molar-refractivity contribution in [3.8, 4) is 5.75 Å². The highest BCUT2D eigenvalue weighted by Crippen LogP contribution is 2.29. The Morgan fingerprint density at radius 1 is 0.925 bits per heavy atom. The molecule has 1 saturated heterocycles. The van der Waals surface area contributed by atoms with Gasteiger partial charge in [0.2, 0.25) is 5.91 Å². The summed E-state index contributed by atoms with van der Waals surface area (Å²) in [6, 6.07) is 18.1. The standard InChI is InChI=1S/C32H38N4O4/c1-34-14-15-36(31(37)7-3-4-25-10-12-33-13-11-25)18-21-40-30-9-8-29(35-16-19-39-20-17-35)24-28(30)23-26-5-2-6-27(22-26)32(34)38/h2,5-6,8-13,22,24H,3-4,7,14-21,23H2,1H3. The SMILES string of the molecule is CN1CCN(C(=O)CCCc2ccncc2)CCOc2ccc(N3CCOCC3)cc2Cc2cccc(c2)C1=O. The summed E-state index contributed by atoms with van der Waals surface area (Å²) in [4.78, 5) is 36.5. The number of likely N-dealkylation sites (N-methyl/N-ethyl adjacent to an activating group) is 1. The van der Waals surface area contributed by atoms with Gasteiger partial charge in [-0.15, -0.1) is 0 Å². The van der Waals surface area contributed by atoms with Crippen LogP contribution in [0.15, 0.2) is 67.0 Å². The minimum atomic E-state index is -0.0393. The zero-order chi connectivity index (χ0) is 27.7. The molecule has 3 heterocycles. The van der Waals surface area contributed by atoms with E-state index in [9.17, 15) is 9.59 Å². The Morgan fingerprint density at radius 2 is 1.75 bits per heavy atom. The molecule has 1 fully saturated rings. The molecule has 8 nitrogen and oxygen atoms in total. The third kappa shape index (κ3) is 7.18. The molecule has 2 aliphatic rings. The molecule has 0 atom stereocenters. The van der Waals surface area contributed by atoms with Crippen LogP contribution in [0.3, 0.4) is 0 Å². The fraction of sp³-hybridized carbons (Fsp3) is 0.406. The first-order chi connectivity index (χ1) is 19.6. The van der Waals surface area contributed by atoms with Gasteiger partial charge in [-0.2, -0.15) is 0 Å². The summed E-state index contributed by atoms with van der Waals surface area (Å²) in [5.41, 5.74) is 5.09. The quantitative estimate of drug-likeness (QED) is 0.488. The lowest BCUT2D eigenvalue weighted by atomic mass is 10.0. The van der Waals surface area contributed by atoms with Crippen molar-refractivity contribution in [2.45, 2.75) is 25.7 Å². The van der Waals surface area contributed by atoms with Crippen LogP contribution in [0.5, 0.6) is 5.75 Å². The van der Waals surface area contributed by atoms with Crippen LogP contribution in [0.25, 0.3) is 0 Å². The zero-order valence-corrected chi connectivity index (χ0v) is 23.3. The number of hydrogen-bond donors (Lipinski definition) is 0. The lowest BCUT2D eigenvalue weighted by Crippen LogP contribution is -2.41. The van der Waals surface area contributed by atoms with Gasteiger partial charge in [-0.05, 0) is 66.4 Å². The number of amides is 2. The number of benzene rings is 2. The molecule has 5 rings (SSSR count). The van der Waals surface area contributed by atoms with Gasteiger partial charge in [0.15, 0.2) is 0 Å². The fourth-order valence-electron chi connectivity index (χ4n) is 5.27. The van der Waals surface area contributed by atoms with E-state index in [0.717, 1.165) is 61.7 Å². The second-order valence-corrected chi connectivity index (χ2v) is 10.4. The van der Waals surface area contributed by atoms with Gasteiger partial charge in [0.25, 0.3) is 5.91 Å². The summed E-state index contributed by atoms with van der Waals surface area (Å²) in [5.74, 6) is 0.853. The minimum Gasteiger partial charge on any atom is -0.491 e. The van der Waals surface area contributed by atoms with Gasteiger partial charge in [0, 0.05) is 75.3 Å². The van der Waals surface area contributed by atoms with E-state index in [4.69, 9.17) is 9.47 Å². The van der Waals surface area contributed by atoms with Gasteiger partial charge in [-0.3, -0.25) is 14.6 Å². The van der Waals surface area contributed by atoms with Crippen LogP contribution in [0, 0.1) is 0 Å². The van der Waals surface area contributed by atoms with E-state index >= 15 is 0 Å². The highest BCUT2D eigenvalue weighted by Gasteiger charge is 2.20. The van der Waals surface area contributed by atoms with Crippen molar-refractivity contribution < 1.29 is 19.1 Å². The Balaban J connectivity index is 1.35. The van der Waals surface area contributed by atoms with Gasteiger partial charge in [-0.1, -0.05) is 12.1 Å². The van der Waals surface area contributed by atoms with Crippen molar-refractivity contribution in [1.29, 1.82) is 0 Å². The Kier molecular flexibility index (Phi) is 9.29. The molecule has 40 heavy (non-hydrogen) atoms. The topological polar surface area (TPSA) is 75.2 Å². The molecule has 210 valence electrons. The van der Waals surface area contributed by atoms with Crippen LogP contribution in [-0.2, 0) is 22.4 Å². The normalized spacial score (nSPS) is 16.6. The lowest BCUT2D eigenvalue weighted by Gasteiger charge is -2.30. The first-order valence-corrected chi connectivity index (χ1v) is 14.2. The number of ether oxygens (including phenoxy) is 2. The lowest BCUT2D eigenvalue weighted by molar-refractivity contribution is -0.131. The molecule has 0 spiro atoms. The van der Waals surface area contributed by atoms with Crippen molar-refractivity contribution in [2.75, 3.05) is 64.5 Å². The summed E-state index contributed by atoms with van der Waals surface area (Å²) in [6.07, 6.45) is 6.23. The number of aryl methyl sites for hydroxylation is 1. The Bertz CT molecular complexity index is 1290. The number of hydrogen-bond acceptors (Lipinski definition) is 6. The molecule has 0 N–H and O–H groups in total. The number of nitrogens with zero attached hydrogens (tertiary/aromatic N) is 4. The van der Waals surface area contributed by atoms with E-state index in [1.54, 1.807) is 24.3 Å². The maximum Gasteiger partial charge on any atom is 0.253 e. The average molecular weight is 543 g/mol. The smallest absolute Gasteiger partial charge is 0.253 e. The van der Waals surface area contributed by atoms with E-state index in [-0.39, 0.29) is 11.8 Å². The number of anilines is 1. The summed E-state index contributed by atoms with van der Waals surface area (Å²) in [6.45, 7) is 4.92. The Hall–Kier alpha value is -3.91. The maximum atomic E-state index is 13.3. The fourth-order valence-corrected chi connectivity index (χ4v) is 5.27. The minimum absolute atomic E-state index is 0.0393. The molecule has 2 amide bonds. The molecule has 0 saturated carbocycles. The summed E-state index contributed by atoms with van der Waals surface area (Å²) >= 11 is 0. The van der Waals surface area contributed by atoms with Crippen LogP contribution >= 0.6 is 0 Å². The van der Waals surface area contributed by atoms with Gasteiger partial charge < -0.3 is 24.2 Å². The second-order valence-electron chi connectivity index (χ2n) is 10.4. The second kappa shape index (κ2) is 13.4. The third-order valence-electron chi connectivity index (χ3n) is 7.62. The highest BCUT2D eigenvalue weighted by atomic mass is 16.5. The molecular formula is C32H38N4O4. The Labute approximate surface area is 236 Å². The number of fused-ring (bicyclic) bond motifs is 3.